The van der Waals surface area contributed by atoms with Gasteiger partial charge in [-0.05, 0) is 0 Å². The molecule has 0 unspecified atom stereocenters. The first kappa shape index (κ1) is 12.9. The average Bonchev–Trinajstić information content (AvgIpc) is 3.16. The van der Waals surface area contributed by atoms with Gasteiger partial charge >= 0.3 is 0 Å². The normalized spacial score (nSPS) is 10.6. The first-order chi connectivity index (χ1) is 10.2. The van der Waals surface area contributed by atoms with Crippen LogP contribution in [0.25, 0.3) is 5.95 Å². The third-order valence-electron chi connectivity index (χ3n) is 2.46. The molecule has 0 aliphatic carbocycles. The minimum Gasteiger partial charge on any atom is -0.347 e. The zero-order valence-electron chi connectivity index (χ0n) is 11.1. The molecule has 11 heteroatoms. The average molecular weight is 288 g/mol. The Morgan fingerprint density at radius 3 is 2.76 bits per heavy atom. The van der Waals surface area contributed by atoms with E-state index in [1.54, 1.807) is 30.2 Å². The monoisotopic (exact) mass is 288 g/mol. The Morgan fingerprint density at radius 2 is 2.10 bits per heavy atom. The molecule has 0 aliphatic heterocycles. The summed E-state index contributed by atoms with van der Waals surface area (Å²) in [5.41, 5.74) is 2.39. The minimum absolute atomic E-state index is 0.223. The molecule has 21 heavy (non-hydrogen) atoms. The fraction of sp³-hybridized carbons (Fsp3) is 0.200. The van der Waals surface area contributed by atoms with Crippen molar-refractivity contribution in [3.63, 3.8) is 0 Å². The first-order valence-corrected chi connectivity index (χ1v) is 5.98. The second-order valence-electron chi connectivity index (χ2n) is 3.98. The van der Waals surface area contributed by atoms with Gasteiger partial charge in [0.05, 0.1) is 6.54 Å². The van der Waals surface area contributed by atoms with E-state index in [2.05, 4.69) is 40.8 Å². The molecule has 3 aromatic rings. The number of hydrogen-bond donors (Lipinski definition) is 3. The molecule has 3 rings (SSSR count). The molecule has 0 fully saturated rings. The fourth-order valence-corrected chi connectivity index (χ4v) is 1.57. The SMILES string of the molecule is Cc1nc(CNc2nc(NN)nc(-n3ccnc3)n2)no1. The van der Waals surface area contributed by atoms with E-state index in [0.717, 1.165) is 0 Å². The Hall–Kier alpha value is -3.08. The van der Waals surface area contributed by atoms with E-state index in [9.17, 15) is 0 Å². The van der Waals surface area contributed by atoms with Crippen molar-refractivity contribution in [2.45, 2.75) is 13.5 Å². The van der Waals surface area contributed by atoms with E-state index in [4.69, 9.17) is 10.4 Å². The minimum atomic E-state index is 0.223. The van der Waals surface area contributed by atoms with Gasteiger partial charge in [0.25, 0.3) is 0 Å². The Bertz CT molecular complexity index is 721. The Labute approximate surface area is 118 Å². The second kappa shape index (κ2) is 5.50. The first-order valence-electron chi connectivity index (χ1n) is 5.98. The van der Waals surface area contributed by atoms with E-state index in [1.807, 2.05) is 0 Å². The van der Waals surface area contributed by atoms with Crippen molar-refractivity contribution < 1.29 is 4.52 Å². The number of aryl methyl sites for hydroxylation is 1. The van der Waals surface area contributed by atoms with Gasteiger partial charge in [0.2, 0.25) is 23.7 Å². The topological polar surface area (TPSA) is 145 Å². The van der Waals surface area contributed by atoms with Crippen LogP contribution in [0.1, 0.15) is 11.7 Å². The zero-order valence-corrected chi connectivity index (χ0v) is 11.1. The maximum absolute atomic E-state index is 5.36. The van der Waals surface area contributed by atoms with Crippen LogP contribution in [-0.2, 0) is 6.54 Å². The highest BCUT2D eigenvalue weighted by molar-refractivity contribution is 5.37. The molecule has 0 aromatic carbocycles. The number of rotatable bonds is 5. The Balaban J connectivity index is 1.82. The molecule has 0 amide bonds. The van der Waals surface area contributed by atoms with Crippen LogP contribution in [-0.4, -0.2) is 34.6 Å². The number of nitrogens with one attached hydrogen (secondary N) is 2. The number of hydrogen-bond acceptors (Lipinski definition) is 10. The van der Waals surface area contributed by atoms with Crippen molar-refractivity contribution in [3.8, 4) is 5.95 Å². The molecule has 0 atom stereocenters. The van der Waals surface area contributed by atoms with Crippen LogP contribution in [0.5, 0.6) is 0 Å². The predicted octanol–water partition coefficient (Wildman–Crippen LogP) is -0.354. The summed E-state index contributed by atoms with van der Waals surface area (Å²) >= 11 is 0. The maximum atomic E-state index is 5.36. The molecular formula is C10H12N10O. The lowest BCUT2D eigenvalue weighted by atomic mass is 10.6. The van der Waals surface area contributed by atoms with Gasteiger partial charge in [-0.15, -0.1) is 0 Å². The van der Waals surface area contributed by atoms with Gasteiger partial charge in [0.15, 0.2) is 5.82 Å². The number of anilines is 2. The molecule has 108 valence electrons. The summed E-state index contributed by atoms with van der Waals surface area (Å²) in [6.45, 7) is 2.03. The summed E-state index contributed by atoms with van der Waals surface area (Å²) in [4.78, 5) is 20.5. The fourth-order valence-electron chi connectivity index (χ4n) is 1.57. The van der Waals surface area contributed by atoms with E-state index >= 15 is 0 Å². The summed E-state index contributed by atoms with van der Waals surface area (Å²) in [6.07, 6.45) is 4.90. The number of nitrogens with zero attached hydrogens (tertiary/aromatic N) is 7. The van der Waals surface area contributed by atoms with Crippen LogP contribution in [0.4, 0.5) is 11.9 Å². The molecule has 0 bridgehead atoms. The van der Waals surface area contributed by atoms with Gasteiger partial charge in [0, 0.05) is 19.3 Å². The van der Waals surface area contributed by atoms with Crippen molar-refractivity contribution in [2.24, 2.45) is 5.84 Å². The van der Waals surface area contributed by atoms with E-state index in [1.165, 1.54) is 0 Å². The summed E-state index contributed by atoms with van der Waals surface area (Å²) in [5.74, 6) is 7.27. The van der Waals surface area contributed by atoms with Gasteiger partial charge in [0.1, 0.15) is 6.33 Å². The lowest BCUT2D eigenvalue weighted by Gasteiger charge is -2.07. The largest absolute Gasteiger partial charge is 0.347 e. The van der Waals surface area contributed by atoms with Crippen molar-refractivity contribution in [1.82, 2.24) is 34.6 Å². The lowest BCUT2D eigenvalue weighted by molar-refractivity contribution is 0.388. The second-order valence-corrected chi connectivity index (χ2v) is 3.98. The quantitative estimate of drug-likeness (QED) is 0.420. The smallest absolute Gasteiger partial charge is 0.243 e. The van der Waals surface area contributed by atoms with E-state index in [0.29, 0.717) is 30.2 Å². The van der Waals surface area contributed by atoms with Gasteiger partial charge in [-0.3, -0.25) is 9.99 Å². The van der Waals surface area contributed by atoms with E-state index in [-0.39, 0.29) is 5.95 Å². The molecule has 3 aromatic heterocycles. The van der Waals surface area contributed by atoms with Gasteiger partial charge in [-0.1, -0.05) is 5.16 Å². The third kappa shape index (κ3) is 2.92. The molecule has 0 radical (unpaired) electrons. The summed E-state index contributed by atoms with van der Waals surface area (Å²) in [6, 6.07) is 0. The van der Waals surface area contributed by atoms with Crippen LogP contribution in [0.15, 0.2) is 23.2 Å². The van der Waals surface area contributed by atoms with Gasteiger partial charge < -0.3 is 9.84 Å². The number of aromatic nitrogens is 7. The molecule has 4 N–H and O–H groups in total. The van der Waals surface area contributed by atoms with Gasteiger partial charge in [-0.2, -0.15) is 19.9 Å². The molecule has 11 nitrogen and oxygen atoms in total. The van der Waals surface area contributed by atoms with Crippen LogP contribution >= 0.6 is 0 Å². The van der Waals surface area contributed by atoms with Crippen molar-refractivity contribution in [2.75, 3.05) is 10.7 Å². The predicted molar refractivity (Wildman–Crippen MR) is 71.1 cm³/mol. The molecular weight excluding hydrogens is 276 g/mol. The molecule has 0 aliphatic rings. The number of hydrazine groups is 1. The van der Waals surface area contributed by atoms with Crippen molar-refractivity contribution >= 4 is 11.9 Å². The van der Waals surface area contributed by atoms with Crippen molar-refractivity contribution in [3.05, 3.63) is 30.4 Å². The Morgan fingerprint density at radius 1 is 1.24 bits per heavy atom. The summed E-state index contributed by atoms with van der Waals surface area (Å²) in [7, 11) is 0. The molecule has 0 saturated heterocycles. The van der Waals surface area contributed by atoms with Crippen LogP contribution in [0.2, 0.25) is 0 Å². The summed E-state index contributed by atoms with van der Waals surface area (Å²) < 4.78 is 6.51. The molecule has 0 saturated carbocycles. The highest BCUT2D eigenvalue weighted by Gasteiger charge is 2.08. The standard InChI is InChI=1S/C10H12N10O/c1-6-14-7(19-21-6)4-13-8-15-9(18-11)17-10(16-8)20-3-2-12-5-20/h2-3,5H,4,11H2,1H3,(H2,13,15,16,17,18). The molecule has 0 spiro atoms. The zero-order chi connectivity index (χ0) is 14.7. The maximum Gasteiger partial charge on any atom is 0.243 e. The number of nitrogen functional groups attached to an aromatic ring is 1. The highest BCUT2D eigenvalue weighted by atomic mass is 16.5. The molecule has 3 heterocycles. The summed E-state index contributed by atoms with van der Waals surface area (Å²) in [5, 5.41) is 6.75. The number of imidazole rings is 1. The van der Waals surface area contributed by atoms with Gasteiger partial charge in [-0.25, -0.2) is 10.8 Å². The van der Waals surface area contributed by atoms with Crippen LogP contribution in [0.3, 0.4) is 0 Å². The lowest BCUT2D eigenvalue weighted by Crippen LogP contribution is -2.15. The van der Waals surface area contributed by atoms with Crippen LogP contribution < -0.4 is 16.6 Å². The third-order valence-corrected chi connectivity index (χ3v) is 2.46. The van der Waals surface area contributed by atoms with E-state index < -0.39 is 0 Å². The van der Waals surface area contributed by atoms with Crippen molar-refractivity contribution in [1.29, 1.82) is 0 Å². The Kier molecular flexibility index (Phi) is 3.39. The highest BCUT2D eigenvalue weighted by Crippen LogP contribution is 2.09. The van der Waals surface area contributed by atoms with Crippen LogP contribution in [0, 0.1) is 6.92 Å². The number of nitrogens with two attached hydrogens (primary N) is 1.